The van der Waals surface area contributed by atoms with Crippen LogP contribution >= 0.6 is 0 Å². The molecule has 2 rings (SSSR count). The van der Waals surface area contributed by atoms with E-state index in [1.54, 1.807) is 5.01 Å². The number of hydrazine groups is 1. The summed E-state index contributed by atoms with van der Waals surface area (Å²) in [6, 6.07) is 0.381. The van der Waals surface area contributed by atoms with Gasteiger partial charge in [-0.1, -0.05) is 12.8 Å². The first-order valence-electron chi connectivity index (χ1n) is 5.88. The molecule has 2 fully saturated rings. The maximum absolute atomic E-state index is 11.7. The quantitative estimate of drug-likeness (QED) is 0.745. The monoisotopic (exact) mass is 212 g/mol. The molecule has 2 aliphatic rings. The standard InChI is InChI=1S/C11H20N2O2/c1-12-10(9-4-2-3-5-9)8-11(15)13(12)6-7-14/h9-10,14H,2-8H2,1H3. The van der Waals surface area contributed by atoms with Crippen molar-refractivity contribution in [2.24, 2.45) is 5.92 Å². The fourth-order valence-electron chi connectivity index (χ4n) is 2.96. The molecule has 1 atom stereocenters. The number of carbonyl (C=O) groups excluding carboxylic acids is 1. The molecule has 0 radical (unpaired) electrons. The normalized spacial score (nSPS) is 29.3. The molecule has 0 aromatic heterocycles. The second-order valence-electron chi connectivity index (χ2n) is 4.63. The van der Waals surface area contributed by atoms with Crippen LogP contribution in [0.1, 0.15) is 32.1 Å². The van der Waals surface area contributed by atoms with Gasteiger partial charge in [-0.3, -0.25) is 9.80 Å². The zero-order chi connectivity index (χ0) is 10.8. The van der Waals surface area contributed by atoms with Crippen LogP contribution in [0.3, 0.4) is 0 Å². The van der Waals surface area contributed by atoms with Crippen LogP contribution in [0.15, 0.2) is 0 Å². The van der Waals surface area contributed by atoms with E-state index in [1.807, 2.05) is 7.05 Å². The predicted octanol–water partition coefficient (Wildman–Crippen LogP) is 0.617. The number of hydrogen-bond donors (Lipinski definition) is 1. The van der Waals surface area contributed by atoms with E-state index in [0.29, 0.717) is 24.9 Å². The second kappa shape index (κ2) is 4.49. The van der Waals surface area contributed by atoms with E-state index in [1.165, 1.54) is 25.7 Å². The smallest absolute Gasteiger partial charge is 0.238 e. The van der Waals surface area contributed by atoms with Crippen molar-refractivity contribution in [3.05, 3.63) is 0 Å². The minimum Gasteiger partial charge on any atom is -0.394 e. The molecule has 1 amide bonds. The fraction of sp³-hybridized carbons (Fsp3) is 0.909. The molecule has 0 aromatic rings. The highest BCUT2D eigenvalue weighted by Gasteiger charge is 2.39. The van der Waals surface area contributed by atoms with E-state index in [0.717, 1.165) is 0 Å². The predicted molar refractivity (Wildman–Crippen MR) is 56.9 cm³/mol. The highest BCUT2D eigenvalue weighted by molar-refractivity contribution is 5.78. The number of rotatable bonds is 3. The van der Waals surface area contributed by atoms with Gasteiger partial charge in [-0.05, 0) is 18.8 Å². The number of amides is 1. The van der Waals surface area contributed by atoms with Gasteiger partial charge in [-0.25, -0.2) is 5.01 Å². The molecule has 4 nitrogen and oxygen atoms in total. The Kier molecular flexibility index (Phi) is 3.26. The number of β-amino-alcohol motifs (C(OH)–C–C–N with tert-alkyl or cyclic N) is 1. The van der Waals surface area contributed by atoms with Crippen LogP contribution in [0.25, 0.3) is 0 Å². The maximum atomic E-state index is 11.7. The summed E-state index contributed by atoms with van der Waals surface area (Å²) in [6.07, 6.45) is 5.78. The molecule has 1 N–H and O–H groups in total. The summed E-state index contributed by atoms with van der Waals surface area (Å²) in [5, 5.41) is 12.6. The highest BCUT2D eigenvalue weighted by Crippen LogP contribution is 2.34. The van der Waals surface area contributed by atoms with Crippen LogP contribution in [0.4, 0.5) is 0 Å². The highest BCUT2D eigenvalue weighted by atomic mass is 16.3. The van der Waals surface area contributed by atoms with E-state index in [9.17, 15) is 4.79 Å². The Hall–Kier alpha value is -0.610. The molecule has 0 bridgehead atoms. The Morgan fingerprint density at radius 2 is 2.07 bits per heavy atom. The average molecular weight is 212 g/mol. The van der Waals surface area contributed by atoms with Crippen LogP contribution in [-0.4, -0.2) is 47.3 Å². The van der Waals surface area contributed by atoms with Gasteiger partial charge in [-0.2, -0.15) is 0 Å². The molecule has 1 heterocycles. The molecule has 1 saturated heterocycles. The molecular weight excluding hydrogens is 192 g/mol. The third-order valence-corrected chi connectivity index (χ3v) is 3.79. The van der Waals surface area contributed by atoms with Gasteiger partial charge in [0.1, 0.15) is 0 Å². The van der Waals surface area contributed by atoms with Crippen molar-refractivity contribution in [2.75, 3.05) is 20.2 Å². The summed E-state index contributed by atoms with van der Waals surface area (Å²) in [6.45, 7) is 0.492. The molecule has 1 unspecified atom stereocenters. The molecule has 86 valence electrons. The number of carbonyl (C=O) groups is 1. The van der Waals surface area contributed by atoms with Crippen LogP contribution in [0, 0.1) is 5.92 Å². The molecule has 1 aliphatic carbocycles. The number of aliphatic hydroxyl groups excluding tert-OH is 1. The summed E-state index contributed by atoms with van der Waals surface area (Å²) < 4.78 is 0. The van der Waals surface area contributed by atoms with Gasteiger partial charge < -0.3 is 5.11 Å². The lowest BCUT2D eigenvalue weighted by Crippen LogP contribution is -2.43. The Bertz CT molecular complexity index is 239. The first-order chi connectivity index (χ1) is 7.24. The maximum Gasteiger partial charge on any atom is 0.238 e. The molecule has 1 saturated carbocycles. The summed E-state index contributed by atoms with van der Waals surface area (Å²) >= 11 is 0. The van der Waals surface area contributed by atoms with Crippen molar-refractivity contribution in [1.82, 2.24) is 10.0 Å². The molecule has 1 aliphatic heterocycles. The average Bonchev–Trinajstić information content (AvgIpc) is 2.81. The topological polar surface area (TPSA) is 43.8 Å². The lowest BCUT2D eigenvalue weighted by molar-refractivity contribution is -0.138. The van der Waals surface area contributed by atoms with E-state index in [2.05, 4.69) is 5.01 Å². The zero-order valence-corrected chi connectivity index (χ0v) is 9.35. The molecular formula is C11H20N2O2. The van der Waals surface area contributed by atoms with Crippen LogP contribution < -0.4 is 0 Å². The van der Waals surface area contributed by atoms with Crippen molar-refractivity contribution < 1.29 is 9.90 Å². The molecule has 0 spiro atoms. The van der Waals surface area contributed by atoms with E-state index in [-0.39, 0.29) is 12.5 Å². The van der Waals surface area contributed by atoms with Crippen LogP contribution in [0.5, 0.6) is 0 Å². The minimum atomic E-state index is 0.0491. The summed E-state index contributed by atoms with van der Waals surface area (Å²) in [5.74, 6) is 0.853. The Morgan fingerprint density at radius 1 is 1.40 bits per heavy atom. The van der Waals surface area contributed by atoms with Gasteiger partial charge in [-0.15, -0.1) is 0 Å². The molecule has 15 heavy (non-hydrogen) atoms. The number of hydrogen-bond acceptors (Lipinski definition) is 3. The third kappa shape index (κ3) is 2.01. The first-order valence-corrected chi connectivity index (χ1v) is 5.88. The van der Waals surface area contributed by atoms with Gasteiger partial charge in [0, 0.05) is 19.5 Å². The van der Waals surface area contributed by atoms with E-state index in [4.69, 9.17) is 5.11 Å². The van der Waals surface area contributed by atoms with Crippen LogP contribution in [0.2, 0.25) is 0 Å². The zero-order valence-electron chi connectivity index (χ0n) is 9.35. The van der Waals surface area contributed by atoms with Gasteiger partial charge in [0.25, 0.3) is 0 Å². The van der Waals surface area contributed by atoms with Gasteiger partial charge >= 0.3 is 0 Å². The SMILES string of the molecule is CN1C(C2CCCC2)CC(=O)N1CCO. The lowest BCUT2D eigenvalue weighted by atomic mass is 9.96. The Morgan fingerprint density at radius 3 is 2.67 bits per heavy atom. The Labute approximate surface area is 90.8 Å². The fourth-order valence-corrected chi connectivity index (χ4v) is 2.96. The lowest BCUT2D eigenvalue weighted by Gasteiger charge is -2.30. The Balaban J connectivity index is 2.00. The minimum absolute atomic E-state index is 0.0491. The number of nitrogens with zero attached hydrogens (tertiary/aromatic N) is 2. The van der Waals surface area contributed by atoms with Gasteiger partial charge in [0.15, 0.2) is 0 Å². The third-order valence-electron chi connectivity index (χ3n) is 3.79. The van der Waals surface area contributed by atoms with E-state index >= 15 is 0 Å². The summed E-state index contributed by atoms with van der Waals surface area (Å²) in [5.41, 5.74) is 0. The van der Waals surface area contributed by atoms with Gasteiger partial charge in [0.05, 0.1) is 13.2 Å². The van der Waals surface area contributed by atoms with Gasteiger partial charge in [0.2, 0.25) is 5.91 Å². The molecule has 4 heteroatoms. The van der Waals surface area contributed by atoms with Crippen molar-refractivity contribution in [1.29, 1.82) is 0 Å². The second-order valence-corrected chi connectivity index (χ2v) is 4.63. The largest absolute Gasteiger partial charge is 0.394 e. The van der Waals surface area contributed by atoms with E-state index < -0.39 is 0 Å². The first kappa shape index (κ1) is 10.9. The number of aliphatic hydroxyl groups is 1. The summed E-state index contributed by atoms with van der Waals surface area (Å²) in [4.78, 5) is 11.7. The summed E-state index contributed by atoms with van der Waals surface area (Å²) in [7, 11) is 1.98. The van der Waals surface area contributed by atoms with Crippen LogP contribution in [-0.2, 0) is 4.79 Å². The van der Waals surface area contributed by atoms with Crippen molar-refractivity contribution in [3.8, 4) is 0 Å². The van der Waals surface area contributed by atoms with Crippen molar-refractivity contribution in [2.45, 2.75) is 38.1 Å². The van der Waals surface area contributed by atoms with Crippen molar-refractivity contribution in [3.63, 3.8) is 0 Å². The van der Waals surface area contributed by atoms with Crippen molar-refractivity contribution >= 4 is 5.91 Å². The molecule has 0 aromatic carbocycles.